The maximum Gasteiger partial charge on any atom is 0.336 e. The molecule has 6 nitrogen and oxygen atoms in total. The second kappa shape index (κ2) is 9.58. The molecule has 33 heavy (non-hydrogen) atoms. The van der Waals surface area contributed by atoms with Gasteiger partial charge in [-0.1, -0.05) is 60.2 Å². The number of nitrogens with one attached hydrogen (secondary N) is 1. The van der Waals surface area contributed by atoms with Crippen LogP contribution in [0.1, 0.15) is 22.3 Å². The molecule has 0 atom stereocenters. The molecule has 0 aliphatic carbocycles. The van der Waals surface area contributed by atoms with Crippen LogP contribution in [0.3, 0.4) is 0 Å². The van der Waals surface area contributed by atoms with Crippen LogP contribution in [0.5, 0.6) is 11.5 Å². The molecule has 3 aromatic rings. The van der Waals surface area contributed by atoms with Crippen LogP contribution in [0.25, 0.3) is 17.7 Å². The number of carboxylic acid groups (broad SMARTS) is 1. The van der Waals surface area contributed by atoms with Gasteiger partial charge in [0.15, 0.2) is 0 Å². The fourth-order valence-electron chi connectivity index (χ4n) is 3.19. The molecule has 1 saturated heterocycles. The normalized spacial score (nSPS) is 14.9. The molecule has 0 radical (unpaired) electrons. The Labute approximate surface area is 194 Å². The van der Waals surface area contributed by atoms with E-state index in [9.17, 15) is 19.5 Å². The van der Waals surface area contributed by atoms with Crippen molar-refractivity contribution >= 4 is 46.6 Å². The van der Waals surface area contributed by atoms with Gasteiger partial charge < -0.3 is 9.84 Å². The smallest absolute Gasteiger partial charge is 0.336 e. The fraction of sp³-hybridized carbons (Fsp3) is 0.0385. The summed E-state index contributed by atoms with van der Waals surface area (Å²) in [6.07, 6.45) is 3.24. The van der Waals surface area contributed by atoms with Crippen molar-refractivity contribution in [1.82, 2.24) is 5.32 Å². The molecule has 0 bridgehead atoms. The van der Waals surface area contributed by atoms with E-state index in [0.29, 0.717) is 22.0 Å². The van der Waals surface area contributed by atoms with Gasteiger partial charge in [-0.2, -0.15) is 0 Å². The number of imide groups is 1. The molecule has 2 amide bonds. The Bertz CT molecular complexity index is 1290. The largest absolute Gasteiger partial charge is 0.478 e. The number of carbonyl (C=O) groups excluding carboxylic acids is 2. The van der Waals surface area contributed by atoms with Crippen molar-refractivity contribution in [3.8, 4) is 11.5 Å². The van der Waals surface area contributed by atoms with Crippen molar-refractivity contribution in [2.75, 3.05) is 0 Å². The molecule has 4 rings (SSSR count). The van der Waals surface area contributed by atoms with Gasteiger partial charge in [0.2, 0.25) is 0 Å². The molecule has 0 spiro atoms. The minimum absolute atomic E-state index is 0.116. The molecule has 2 N–H and O–H groups in total. The zero-order valence-electron chi connectivity index (χ0n) is 17.6. The number of thioether (sulfide) groups is 1. The molecule has 0 saturated carbocycles. The van der Waals surface area contributed by atoms with Crippen LogP contribution in [0, 0.1) is 6.92 Å². The van der Waals surface area contributed by atoms with Crippen LogP contribution in [0.4, 0.5) is 4.79 Å². The Hall–Kier alpha value is -4.10. The Balaban J connectivity index is 1.60. The number of para-hydroxylation sites is 1. The first-order valence-electron chi connectivity index (χ1n) is 10.0. The quantitative estimate of drug-likeness (QED) is 0.362. The summed E-state index contributed by atoms with van der Waals surface area (Å²) in [6.45, 7) is 1.97. The first-order chi connectivity index (χ1) is 15.9. The number of carboxylic acids is 1. The first-order valence-corrected chi connectivity index (χ1v) is 10.8. The lowest BCUT2D eigenvalue weighted by Crippen LogP contribution is -2.17. The number of aryl methyl sites for hydroxylation is 1. The zero-order valence-corrected chi connectivity index (χ0v) is 18.4. The van der Waals surface area contributed by atoms with E-state index in [1.54, 1.807) is 60.7 Å². The fourth-order valence-corrected chi connectivity index (χ4v) is 3.88. The Morgan fingerprint density at radius 3 is 2.24 bits per heavy atom. The summed E-state index contributed by atoms with van der Waals surface area (Å²) in [5.74, 6) is -0.568. The lowest BCUT2D eigenvalue weighted by Gasteiger charge is -2.12. The van der Waals surface area contributed by atoms with Gasteiger partial charge >= 0.3 is 5.97 Å². The maximum atomic E-state index is 12.0. The predicted octanol–water partition coefficient (Wildman–Crippen LogP) is 5.74. The standard InChI is InChI=1S/C26H19NO5S/c1-16-6-8-17(9-7-16)14-21(25(29)30)20-4-2-3-5-22(20)32-19-12-10-18(11-13-19)15-23-24(28)27-26(31)33-23/h2-15H,1H3,(H,29,30)(H,27,28,31)/b21-14+,23-15-. The van der Waals surface area contributed by atoms with Gasteiger partial charge in [0.25, 0.3) is 11.1 Å². The van der Waals surface area contributed by atoms with Crippen molar-refractivity contribution in [1.29, 1.82) is 0 Å². The van der Waals surface area contributed by atoms with E-state index in [1.165, 1.54) is 0 Å². The lowest BCUT2D eigenvalue weighted by atomic mass is 10.0. The van der Waals surface area contributed by atoms with Crippen molar-refractivity contribution in [3.05, 3.63) is 100.0 Å². The third-order valence-electron chi connectivity index (χ3n) is 4.84. The van der Waals surface area contributed by atoms with Gasteiger partial charge in [-0.15, -0.1) is 0 Å². The molecule has 1 heterocycles. The number of ether oxygens (including phenoxy) is 1. The van der Waals surface area contributed by atoms with Gasteiger partial charge in [-0.05, 0) is 60.2 Å². The first kappa shape index (κ1) is 22.1. The van der Waals surface area contributed by atoms with E-state index in [1.807, 2.05) is 31.2 Å². The highest BCUT2D eigenvalue weighted by Gasteiger charge is 2.24. The molecule has 164 valence electrons. The molecule has 0 unspecified atom stereocenters. The van der Waals surface area contributed by atoms with Gasteiger partial charge in [0, 0.05) is 5.56 Å². The second-order valence-corrected chi connectivity index (χ2v) is 8.31. The zero-order chi connectivity index (χ0) is 23.4. The van der Waals surface area contributed by atoms with Crippen LogP contribution < -0.4 is 10.1 Å². The number of carbonyl (C=O) groups is 3. The topological polar surface area (TPSA) is 92.7 Å². The summed E-state index contributed by atoms with van der Waals surface area (Å²) in [4.78, 5) is 35.4. The van der Waals surface area contributed by atoms with E-state index >= 15 is 0 Å². The SMILES string of the molecule is Cc1ccc(/C=C(/C(=O)O)c2ccccc2Oc2ccc(/C=C3\SC(=O)NC3=O)cc2)cc1. The van der Waals surface area contributed by atoms with Crippen LogP contribution in [0.15, 0.2) is 77.7 Å². The Kier molecular flexibility index (Phi) is 6.42. The van der Waals surface area contributed by atoms with Gasteiger partial charge in [-0.25, -0.2) is 4.79 Å². The monoisotopic (exact) mass is 457 g/mol. The summed E-state index contributed by atoms with van der Waals surface area (Å²) in [5.41, 5.74) is 3.16. The van der Waals surface area contributed by atoms with Crippen LogP contribution in [-0.2, 0) is 9.59 Å². The van der Waals surface area contributed by atoms with Crippen molar-refractivity contribution in [2.45, 2.75) is 6.92 Å². The van der Waals surface area contributed by atoms with Crippen LogP contribution in [0.2, 0.25) is 0 Å². The van der Waals surface area contributed by atoms with E-state index < -0.39 is 17.1 Å². The molecule has 1 aliphatic rings. The minimum atomic E-state index is -1.06. The summed E-state index contributed by atoms with van der Waals surface area (Å²) < 4.78 is 6.00. The third-order valence-corrected chi connectivity index (χ3v) is 5.65. The molecule has 1 aliphatic heterocycles. The van der Waals surface area contributed by atoms with Crippen molar-refractivity contribution in [3.63, 3.8) is 0 Å². The van der Waals surface area contributed by atoms with E-state index in [-0.39, 0.29) is 5.57 Å². The molecule has 0 aromatic heterocycles. The molecular weight excluding hydrogens is 438 g/mol. The molecule has 7 heteroatoms. The predicted molar refractivity (Wildman–Crippen MR) is 129 cm³/mol. The number of aliphatic carboxylic acids is 1. The number of hydrogen-bond donors (Lipinski definition) is 2. The number of hydrogen-bond acceptors (Lipinski definition) is 5. The summed E-state index contributed by atoms with van der Waals surface area (Å²) in [7, 11) is 0. The highest BCUT2D eigenvalue weighted by molar-refractivity contribution is 8.18. The average Bonchev–Trinajstić information content (AvgIpc) is 3.11. The number of rotatable bonds is 6. The van der Waals surface area contributed by atoms with Crippen LogP contribution >= 0.6 is 11.8 Å². The molecule has 3 aromatic carbocycles. The van der Waals surface area contributed by atoms with Gasteiger partial charge in [0.05, 0.1) is 10.5 Å². The van der Waals surface area contributed by atoms with Crippen molar-refractivity contribution in [2.24, 2.45) is 0 Å². The highest BCUT2D eigenvalue weighted by Crippen LogP contribution is 2.32. The Morgan fingerprint density at radius 1 is 0.939 bits per heavy atom. The number of benzene rings is 3. The third kappa shape index (κ3) is 5.39. The maximum absolute atomic E-state index is 12.0. The van der Waals surface area contributed by atoms with E-state index in [2.05, 4.69) is 5.32 Å². The average molecular weight is 458 g/mol. The van der Waals surface area contributed by atoms with Gasteiger partial charge in [-0.3, -0.25) is 14.9 Å². The molecular formula is C26H19NO5S. The summed E-state index contributed by atoms with van der Waals surface area (Å²) >= 11 is 0.853. The Morgan fingerprint density at radius 2 is 1.61 bits per heavy atom. The van der Waals surface area contributed by atoms with Crippen LogP contribution in [-0.4, -0.2) is 22.2 Å². The van der Waals surface area contributed by atoms with Crippen molar-refractivity contribution < 1.29 is 24.2 Å². The lowest BCUT2D eigenvalue weighted by molar-refractivity contribution is -0.130. The van der Waals surface area contributed by atoms with E-state index in [4.69, 9.17) is 4.74 Å². The summed E-state index contributed by atoms with van der Waals surface area (Å²) in [6, 6.07) is 21.5. The summed E-state index contributed by atoms with van der Waals surface area (Å²) in [5, 5.41) is 11.7. The minimum Gasteiger partial charge on any atom is -0.478 e. The highest BCUT2D eigenvalue weighted by atomic mass is 32.2. The van der Waals surface area contributed by atoms with E-state index in [0.717, 1.165) is 28.5 Å². The van der Waals surface area contributed by atoms with Gasteiger partial charge in [0.1, 0.15) is 11.5 Å². The second-order valence-electron chi connectivity index (χ2n) is 7.29. The number of amides is 2. The molecule has 1 fully saturated rings.